The van der Waals surface area contributed by atoms with Crippen molar-refractivity contribution in [2.24, 2.45) is 0 Å². The van der Waals surface area contributed by atoms with Gasteiger partial charge in [-0.05, 0) is 42.5 Å². The molecular weight excluding hydrogens is 440 g/mol. The first-order valence-corrected chi connectivity index (χ1v) is 10.2. The highest BCUT2D eigenvalue weighted by Crippen LogP contribution is 2.31. The maximum atomic E-state index is 13.0. The van der Waals surface area contributed by atoms with Gasteiger partial charge >= 0.3 is 0 Å². The highest BCUT2D eigenvalue weighted by molar-refractivity contribution is 6.10. The number of carbonyl (C=O) groups is 2. The van der Waals surface area contributed by atoms with E-state index in [0.29, 0.717) is 40.1 Å². The second-order valence-corrected chi connectivity index (χ2v) is 6.96. The highest BCUT2D eigenvalue weighted by atomic mass is 16.5. The van der Waals surface area contributed by atoms with E-state index in [1.165, 1.54) is 41.6 Å². The summed E-state index contributed by atoms with van der Waals surface area (Å²) in [6.45, 7) is 0. The molecule has 9 heteroatoms. The number of rotatable bonds is 9. The predicted octanol–water partition coefficient (Wildman–Crippen LogP) is 4.23. The summed E-state index contributed by atoms with van der Waals surface area (Å²) in [5.74, 6) is 1.48. The molecule has 0 saturated carbocycles. The number of nitrogens with one attached hydrogen (secondary N) is 2. The molecule has 0 aromatic heterocycles. The summed E-state index contributed by atoms with van der Waals surface area (Å²) in [4.78, 5) is 25.9. The van der Waals surface area contributed by atoms with Crippen LogP contribution in [0.4, 0.5) is 11.4 Å². The summed E-state index contributed by atoms with van der Waals surface area (Å²) in [7, 11) is 7.52. The Morgan fingerprint density at radius 3 is 1.44 bits per heavy atom. The van der Waals surface area contributed by atoms with Gasteiger partial charge in [-0.2, -0.15) is 0 Å². The number of hydrogen-bond donors (Lipinski definition) is 2. The molecule has 3 aromatic rings. The Balaban J connectivity index is 1.84. The van der Waals surface area contributed by atoms with Gasteiger partial charge in [-0.3, -0.25) is 9.59 Å². The third kappa shape index (κ3) is 5.32. The minimum atomic E-state index is -0.454. The Morgan fingerprint density at radius 1 is 0.529 bits per heavy atom. The van der Waals surface area contributed by atoms with Gasteiger partial charge in [-0.25, -0.2) is 0 Å². The maximum absolute atomic E-state index is 13.0. The summed E-state index contributed by atoms with van der Waals surface area (Å²) < 4.78 is 26.3. The van der Waals surface area contributed by atoms with Crippen LogP contribution in [0.2, 0.25) is 0 Å². The Labute approximate surface area is 197 Å². The van der Waals surface area contributed by atoms with Crippen LogP contribution in [-0.2, 0) is 0 Å². The van der Waals surface area contributed by atoms with Crippen molar-refractivity contribution in [2.75, 3.05) is 46.2 Å². The van der Waals surface area contributed by atoms with Crippen LogP contribution < -0.4 is 34.3 Å². The number of benzene rings is 3. The lowest BCUT2D eigenvalue weighted by Crippen LogP contribution is -2.16. The molecule has 0 fully saturated rings. The first-order valence-electron chi connectivity index (χ1n) is 10.2. The fourth-order valence-corrected chi connectivity index (χ4v) is 3.26. The summed E-state index contributed by atoms with van der Waals surface area (Å²) in [5, 5.41) is 5.57. The Kier molecular flexibility index (Phi) is 7.81. The van der Waals surface area contributed by atoms with Crippen molar-refractivity contribution < 1.29 is 33.3 Å². The molecule has 178 valence electrons. The number of hydrogen-bond acceptors (Lipinski definition) is 7. The monoisotopic (exact) mass is 466 g/mol. The molecule has 2 N–H and O–H groups in total. The Hall–Kier alpha value is -4.40. The topological polar surface area (TPSA) is 104 Å². The highest BCUT2D eigenvalue weighted by Gasteiger charge is 2.18. The quantitative estimate of drug-likeness (QED) is 0.486. The lowest BCUT2D eigenvalue weighted by atomic mass is 10.1. The summed E-state index contributed by atoms with van der Waals surface area (Å²) in [6, 6.07) is 14.6. The van der Waals surface area contributed by atoms with Gasteiger partial charge in [0.25, 0.3) is 11.8 Å². The standard InChI is InChI=1S/C25H26N2O7/c1-30-19-9-6-15(24(28)26-16-7-10-20(31-2)22(13-16)33-4)12-18(19)25(29)27-17-8-11-21(32-3)23(14-17)34-5/h6-14H,1-5H3,(H,26,28)(H,27,29). The molecule has 0 bridgehead atoms. The average Bonchev–Trinajstić information content (AvgIpc) is 2.87. The molecule has 0 radical (unpaired) electrons. The third-order valence-electron chi connectivity index (χ3n) is 4.99. The van der Waals surface area contributed by atoms with Crippen molar-refractivity contribution >= 4 is 23.2 Å². The molecule has 3 aromatic carbocycles. The van der Waals surface area contributed by atoms with Crippen molar-refractivity contribution in [1.29, 1.82) is 0 Å². The lowest BCUT2D eigenvalue weighted by molar-refractivity contribution is 0.102. The molecule has 0 aliphatic rings. The van der Waals surface area contributed by atoms with E-state index in [1.807, 2.05) is 0 Å². The van der Waals surface area contributed by atoms with Crippen LogP contribution in [-0.4, -0.2) is 47.4 Å². The van der Waals surface area contributed by atoms with Gasteiger partial charge in [0.05, 0.1) is 41.1 Å². The SMILES string of the molecule is COc1ccc(NC(=O)c2ccc(OC)c(C(=O)Nc3ccc(OC)c(OC)c3)c2)cc1OC. The molecule has 0 unspecified atom stereocenters. The third-order valence-corrected chi connectivity index (χ3v) is 4.99. The van der Waals surface area contributed by atoms with Gasteiger partial charge < -0.3 is 34.3 Å². The van der Waals surface area contributed by atoms with Gasteiger partial charge in [0.2, 0.25) is 0 Å². The first kappa shape index (κ1) is 24.2. The van der Waals surface area contributed by atoms with Crippen molar-refractivity contribution in [1.82, 2.24) is 0 Å². The lowest BCUT2D eigenvalue weighted by Gasteiger charge is -2.14. The summed E-state index contributed by atoms with van der Waals surface area (Å²) in [5.41, 5.74) is 1.46. The Morgan fingerprint density at radius 2 is 0.971 bits per heavy atom. The minimum absolute atomic E-state index is 0.192. The molecular formula is C25H26N2O7. The molecule has 0 saturated heterocycles. The molecule has 0 heterocycles. The second-order valence-electron chi connectivity index (χ2n) is 6.96. The van der Waals surface area contributed by atoms with Crippen LogP contribution in [0.25, 0.3) is 0 Å². The fourth-order valence-electron chi connectivity index (χ4n) is 3.26. The van der Waals surface area contributed by atoms with Crippen LogP contribution in [0.5, 0.6) is 28.7 Å². The van der Waals surface area contributed by atoms with E-state index in [-0.39, 0.29) is 11.1 Å². The summed E-state index contributed by atoms with van der Waals surface area (Å²) in [6.07, 6.45) is 0. The van der Waals surface area contributed by atoms with E-state index in [2.05, 4.69) is 10.6 Å². The molecule has 0 aliphatic heterocycles. The number of methoxy groups -OCH3 is 5. The van der Waals surface area contributed by atoms with Crippen molar-refractivity contribution in [2.45, 2.75) is 0 Å². The van der Waals surface area contributed by atoms with Gasteiger partial charge in [-0.1, -0.05) is 0 Å². The summed E-state index contributed by atoms with van der Waals surface area (Å²) >= 11 is 0. The fraction of sp³-hybridized carbons (Fsp3) is 0.200. The zero-order valence-corrected chi connectivity index (χ0v) is 19.6. The van der Waals surface area contributed by atoms with Crippen molar-refractivity contribution in [3.05, 3.63) is 65.7 Å². The van der Waals surface area contributed by atoms with Crippen LogP contribution in [0.1, 0.15) is 20.7 Å². The molecule has 0 aliphatic carbocycles. The van der Waals surface area contributed by atoms with Crippen molar-refractivity contribution in [3.8, 4) is 28.7 Å². The van der Waals surface area contributed by atoms with Crippen LogP contribution >= 0.6 is 0 Å². The molecule has 2 amide bonds. The van der Waals surface area contributed by atoms with Gasteiger partial charge in [0.1, 0.15) is 5.75 Å². The number of amides is 2. The van der Waals surface area contributed by atoms with E-state index < -0.39 is 11.8 Å². The van der Waals surface area contributed by atoms with E-state index >= 15 is 0 Å². The van der Waals surface area contributed by atoms with Crippen molar-refractivity contribution in [3.63, 3.8) is 0 Å². The molecule has 9 nitrogen and oxygen atoms in total. The van der Waals surface area contributed by atoms with Gasteiger partial charge in [0, 0.05) is 29.1 Å². The zero-order valence-electron chi connectivity index (χ0n) is 19.6. The average molecular weight is 466 g/mol. The molecule has 3 rings (SSSR count). The number of anilines is 2. The van der Waals surface area contributed by atoms with Crippen LogP contribution in [0.3, 0.4) is 0 Å². The largest absolute Gasteiger partial charge is 0.496 e. The molecule has 0 spiro atoms. The zero-order chi connectivity index (χ0) is 24.7. The number of carbonyl (C=O) groups excluding carboxylic acids is 2. The molecule has 0 atom stereocenters. The van der Waals surface area contributed by atoms with E-state index in [4.69, 9.17) is 23.7 Å². The molecule has 34 heavy (non-hydrogen) atoms. The van der Waals surface area contributed by atoms with E-state index in [1.54, 1.807) is 48.5 Å². The Bertz CT molecular complexity index is 1190. The first-order chi connectivity index (χ1) is 16.4. The second kappa shape index (κ2) is 11.0. The maximum Gasteiger partial charge on any atom is 0.259 e. The van der Waals surface area contributed by atoms with Crippen LogP contribution in [0.15, 0.2) is 54.6 Å². The minimum Gasteiger partial charge on any atom is -0.496 e. The van der Waals surface area contributed by atoms with Gasteiger partial charge in [0.15, 0.2) is 23.0 Å². The van der Waals surface area contributed by atoms with E-state index in [9.17, 15) is 9.59 Å². The predicted molar refractivity (Wildman–Crippen MR) is 128 cm³/mol. The van der Waals surface area contributed by atoms with Gasteiger partial charge in [-0.15, -0.1) is 0 Å². The number of ether oxygens (including phenoxy) is 5. The normalized spacial score (nSPS) is 10.1. The van der Waals surface area contributed by atoms with Crippen LogP contribution in [0, 0.1) is 0 Å². The smallest absolute Gasteiger partial charge is 0.259 e. The van der Waals surface area contributed by atoms with E-state index in [0.717, 1.165) is 0 Å².